The van der Waals surface area contributed by atoms with Crippen LogP contribution in [0.25, 0.3) is 0 Å². The van der Waals surface area contributed by atoms with Crippen LogP contribution in [0.2, 0.25) is 0 Å². The first kappa shape index (κ1) is 20.1. The number of sulfonamides is 1. The Kier molecular flexibility index (Phi) is 5.89. The maximum absolute atomic E-state index is 13.3. The van der Waals surface area contributed by atoms with Gasteiger partial charge < -0.3 is 9.84 Å². The van der Waals surface area contributed by atoms with E-state index in [2.05, 4.69) is 4.72 Å². The number of alkyl halides is 3. The summed E-state index contributed by atoms with van der Waals surface area (Å²) >= 11 is 0. The predicted molar refractivity (Wildman–Crippen MR) is 84.5 cm³/mol. The molecule has 0 heterocycles. The molecule has 10 heteroatoms. The van der Waals surface area contributed by atoms with E-state index in [0.717, 1.165) is 42.5 Å². The smallest absolute Gasteiger partial charge is 0.416 e. The zero-order valence-corrected chi connectivity index (χ0v) is 14.2. The van der Waals surface area contributed by atoms with Crippen molar-refractivity contribution in [1.29, 1.82) is 0 Å². The van der Waals surface area contributed by atoms with Crippen molar-refractivity contribution in [2.45, 2.75) is 17.2 Å². The fourth-order valence-electron chi connectivity index (χ4n) is 2.14. The summed E-state index contributed by atoms with van der Waals surface area (Å²) in [5.74, 6) is -0.891. The summed E-state index contributed by atoms with van der Waals surface area (Å²) in [6, 6.07) is 6.57. The van der Waals surface area contributed by atoms with Crippen molar-refractivity contribution < 1.29 is 35.8 Å². The zero-order chi connectivity index (χ0) is 19.5. The number of aliphatic hydroxyl groups excluding tert-OH is 1. The predicted octanol–water partition coefficient (Wildman–Crippen LogP) is 2.87. The molecule has 1 atom stereocenters. The number of ether oxygens (including phenoxy) is 1. The first-order valence-corrected chi connectivity index (χ1v) is 8.71. The lowest BCUT2D eigenvalue weighted by molar-refractivity contribution is -0.137. The molecule has 0 spiro atoms. The number of hydrogen-bond donors (Lipinski definition) is 2. The monoisotopic (exact) mass is 393 g/mol. The van der Waals surface area contributed by atoms with Gasteiger partial charge in [0.15, 0.2) is 0 Å². The average molecular weight is 393 g/mol. The fraction of sp³-hybridized carbons (Fsp3) is 0.250. The van der Waals surface area contributed by atoms with Crippen LogP contribution in [0.15, 0.2) is 47.4 Å². The summed E-state index contributed by atoms with van der Waals surface area (Å²) in [5.41, 5.74) is -0.801. The summed E-state index contributed by atoms with van der Waals surface area (Å²) < 4.78 is 82.4. The summed E-state index contributed by atoms with van der Waals surface area (Å²) in [5, 5.41) is 9.99. The van der Waals surface area contributed by atoms with Crippen molar-refractivity contribution in [3.8, 4) is 5.75 Å². The lowest BCUT2D eigenvalue weighted by atomic mass is 10.1. The van der Waals surface area contributed by atoms with E-state index in [4.69, 9.17) is 4.74 Å². The quantitative estimate of drug-likeness (QED) is 0.740. The van der Waals surface area contributed by atoms with Crippen molar-refractivity contribution >= 4 is 10.0 Å². The molecule has 0 saturated heterocycles. The van der Waals surface area contributed by atoms with Crippen molar-refractivity contribution in [2.24, 2.45) is 0 Å². The first-order valence-electron chi connectivity index (χ1n) is 7.23. The van der Waals surface area contributed by atoms with Crippen LogP contribution in [0.3, 0.4) is 0 Å². The van der Waals surface area contributed by atoms with E-state index in [-0.39, 0.29) is 11.3 Å². The number of methoxy groups -OCH3 is 1. The Morgan fingerprint density at radius 3 is 2.31 bits per heavy atom. The molecule has 0 radical (unpaired) electrons. The van der Waals surface area contributed by atoms with Crippen LogP contribution < -0.4 is 9.46 Å². The molecule has 0 aromatic heterocycles. The van der Waals surface area contributed by atoms with Crippen molar-refractivity contribution in [3.05, 3.63) is 59.4 Å². The molecule has 0 aliphatic rings. The Morgan fingerprint density at radius 2 is 1.77 bits per heavy atom. The van der Waals surface area contributed by atoms with Gasteiger partial charge in [-0.05, 0) is 35.9 Å². The molecule has 0 fully saturated rings. The Hall–Kier alpha value is -2.17. The number of hydrogen-bond acceptors (Lipinski definition) is 4. The lowest BCUT2D eigenvalue weighted by Crippen LogP contribution is -2.29. The van der Waals surface area contributed by atoms with E-state index >= 15 is 0 Å². The second-order valence-electron chi connectivity index (χ2n) is 5.28. The third kappa shape index (κ3) is 4.71. The molecule has 0 aliphatic carbocycles. The van der Waals surface area contributed by atoms with Crippen LogP contribution in [0.5, 0.6) is 5.75 Å². The third-order valence-electron chi connectivity index (χ3n) is 3.50. The number of aliphatic hydroxyl groups is 1. The molecule has 0 amide bonds. The largest absolute Gasteiger partial charge is 0.495 e. The lowest BCUT2D eigenvalue weighted by Gasteiger charge is -2.15. The van der Waals surface area contributed by atoms with Crippen molar-refractivity contribution in [3.63, 3.8) is 0 Å². The van der Waals surface area contributed by atoms with Gasteiger partial charge in [-0.15, -0.1) is 0 Å². The molecule has 2 N–H and O–H groups in total. The SMILES string of the molecule is COc1ccc(F)cc1S(=O)(=O)NCC(O)c1ccc(C(F)(F)F)cc1. The highest BCUT2D eigenvalue weighted by Gasteiger charge is 2.30. The first-order chi connectivity index (χ1) is 12.0. The summed E-state index contributed by atoms with van der Waals surface area (Å²) in [6.07, 6.45) is -5.91. The van der Waals surface area contributed by atoms with E-state index < -0.39 is 45.1 Å². The van der Waals surface area contributed by atoms with Gasteiger partial charge in [-0.25, -0.2) is 17.5 Å². The van der Waals surface area contributed by atoms with E-state index in [0.29, 0.717) is 0 Å². The van der Waals surface area contributed by atoms with Gasteiger partial charge in [0.05, 0.1) is 18.8 Å². The highest BCUT2D eigenvalue weighted by Crippen LogP contribution is 2.30. The summed E-state index contributed by atoms with van der Waals surface area (Å²) in [7, 11) is -3.00. The van der Waals surface area contributed by atoms with Crippen LogP contribution in [-0.4, -0.2) is 27.2 Å². The van der Waals surface area contributed by atoms with Gasteiger partial charge in [0.25, 0.3) is 0 Å². The van der Waals surface area contributed by atoms with Gasteiger partial charge in [-0.3, -0.25) is 0 Å². The molecule has 1 unspecified atom stereocenters. The Labute approximate surface area is 147 Å². The minimum absolute atomic E-state index is 0.0897. The second-order valence-corrected chi connectivity index (χ2v) is 7.02. The Balaban J connectivity index is 2.13. The maximum Gasteiger partial charge on any atom is 0.416 e. The minimum Gasteiger partial charge on any atom is -0.495 e. The van der Waals surface area contributed by atoms with Gasteiger partial charge in [-0.2, -0.15) is 13.2 Å². The maximum atomic E-state index is 13.3. The zero-order valence-electron chi connectivity index (χ0n) is 13.4. The Morgan fingerprint density at radius 1 is 1.15 bits per heavy atom. The molecule has 142 valence electrons. The molecule has 5 nitrogen and oxygen atoms in total. The third-order valence-corrected chi connectivity index (χ3v) is 4.95. The van der Waals surface area contributed by atoms with E-state index in [9.17, 15) is 31.1 Å². The molecule has 0 bridgehead atoms. The number of nitrogens with one attached hydrogen (secondary N) is 1. The number of benzene rings is 2. The van der Waals surface area contributed by atoms with Crippen LogP contribution in [-0.2, 0) is 16.2 Å². The molecule has 0 aliphatic heterocycles. The van der Waals surface area contributed by atoms with Crippen LogP contribution in [0.4, 0.5) is 17.6 Å². The van der Waals surface area contributed by atoms with Crippen LogP contribution in [0, 0.1) is 5.82 Å². The molecule has 2 aromatic rings. The molecule has 2 aromatic carbocycles. The summed E-state index contributed by atoms with van der Waals surface area (Å²) in [4.78, 5) is -0.459. The van der Waals surface area contributed by atoms with E-state index in [1.54, 1.807) is 0 Å². The molecule has 2 rings (SSSR count). The minimum atomic E-state index is -4.51. The van der Waals surface area contributed by atoms with Gasteiger partial charge in [0, 0.05) is 6.54 Å². The van der Waals surface area contributed by atoms with E-state index in [1.165, 1.54) is 7.11 Å². The normalized spacial score (nSPS) is 13.5. The molecular formula is C16H15F4NO4S. The highest BCUT2D eigenvalue weighted by atomic mass is 32.2. The van der Waals surface area contributed by atoms with Crippen LogP contribution in [0.1, 0.15) is 17.2 Å². The molecule has 26 heavy (non-hydrogen) atoms. The average Bonchev–Trinajstić information content (AvgIpc) is 2.59. The standard InChI is InChI=1S/C16H15F4NO4S/c1-25-14-7-6-12(17)8-15(14)26(23,24)21-9-13(22)10-2-4-11(5-3-10)16(18,19)20/h2-8,13,21-22H,9H2,1H3. The Bertz CT molecular complexity index is 867. The molecule has 0 saturated carbocycles. The number of rotatable bonds is 6. The van der Waals surface area contributed by atoms with Crippen molar-refractivity contribution in [2.75, 3.05) is 13.7 Å². The number of halogens is 4. The highest BCUT2D eigenvalue weighted by molar-refractivity contribution is 7.89. The van der Waals surface area contributed by atoms with Gasteiger partial charge >= 0.3 is 6.18 Å². The fourth-order valence-corrected chi connectivity index (χ4v) is 3.36. The van der Waals surface area contributed by atoms with Gasteiger partial charge in [-0.1, -0.05) is 12.1 Å². The van der Waals surface area contributed by atoms with E-state index in [1.807, 2.05) is 0 Å². The van der Waals surface area contributed by atoms with Gasteiger partial charge in [0.1, 0.15) is 16.5 Å². The second kappa shape index (κ2) is 7.60. The van der Waals surface area contributed by atoms with Crippen molar-refractivity contribution in [1.82, 2.24) is 4.72 Å². The van der Waals surface area contributed by atoms with Crippen LogP contribution >= 0.6 is 0 Å². The topological polar surface area (TPSA) is 75.6 Å². The van der Waals surface area contributed by atoms with Gasteiger partial charge in [0.2, 0.25) is 10.0 Å². The summed E-state index contributed by atoms with van der Waals surface area (Å²) in [6.45, 7) is -0.520. The molecular weight excluding hydrogens is 378 g/mol.